The molecule has 0 aliphatic carbocycles. The first-order valence-electron chi connectivity index (χ1n) is 11.8. The SMILES string of the molecule is CCCCN1CCC(NC(=NCC2(c3ccccc3Cl)CCOCC2)NCC)CC1. The molecule has 2 saturated heterocycles. The van der Waals surface area contributed by atoms with Crippen molar-refractivity contribution >= 4 is 17.6 Å². The van der Waals surface area contributed by atoms with Crippen molar-refractivity contribution < 1.29 is 4.74 Å². The quantitative estimate of drug-likeness (QED) is 0.475. The normalized spacial score (nSPS) is 20.8. The summed E-state index contributed by atoms with van der Waals surface area (Å²) < 4.78 is 5.67. The lowest BCUT2D eigenvalue weighted by Gasteiger charge is -2.37. The Morgan fingerprint density at radius 1 is 1.20 bits per heavy atom. The highest BCUT2D eigenvalue weighted by atomic mass is 35.5. The number of hydrogen-bond acceptors (Lipinski definition) is 3. The van der Waals surface area contributed by atoms with Gasteiger partial charge in [-0.05, 0) is 57.2 Å². The molecule has 30 heavy (non-hydrogen) atoms. The van der Waals surface area contributed by atoms with Gasteiger partial charge >= 0.3 is 0 Å². The van der Waals surface area contributed by atoms with Crippen LogP contribution < -0.4 is 10.6 Å². The number of likely N-dealkylation sites (tertiary alicyclic amines) is 1. The second-order valence-electron chi connectivity index (χ2n) is 8.68. The molecule has 0 bridgehead atoms. The monoisotopic (exact) mass is 434 g/mol. The summed E-state index contributed by atoms with van der Waals surface area (Å²) in [4.78, 5) is 7.65. The van der Waals surface area contributed by atoms with Crippen molar-refractivity contribution in [3.63, 3.8) is 0 Å². The zero-order valence-electron chi connectivity index (χ0n) is 18.8. The molecule has 0 unspecified atom stereocenters. The average Bonchev–Trinajstić information content (AvgIpc) is 2.78. The smallest absolute Gasteiger partial charge is 0.191 e. The molecule has 2 aliphatic rings. The molecule has 0 spiro atoms. The lowest BCUT2D eigenvalue weighted by Crippen LogP contribution is -2.49. The van der Waals surface area contributed by atoms with Crippen LogP contribution in [0.3, 0.4) is 0 Å². The number of aliphatic imine (C=N–C) groups is 1. The van der Waals surface area contributed by atoms with Crippen LogP contribution in [0.25, 0.3) is 0 Å². The van der Waals surface area contributed by atoms with E-state index in [0.717, 1.165) is 50.1 Å². The zero-order valence-corrected chi connectivity index (χ0v) is 19.5. The van der Waals surface area contributed by atoms with Crippen molar-refractivity contribution in [1.82, 2.24) is 15.5 Å². The number of rotatable bonds is 8. The van der Waals surface area contributed by atoms with Gasteiger partial charge in [-0.2, -0.15) is 0 Å². The third-order valence-electron chi connectivity index (χ3n) is 6.54. The van der Waals surface area contributed by atoms with Crippen LogP contribution >= 0.6 is 11.6 Å². The Morgan fingerprint density at radius 2 is 1.93 bits per heavy atom. The minimum Gasteiger partial charge on any atom is -0.381 e. The van der Waals surface area contributed by atoms with Crippen molar-refractivity contribution in [3.05, 3.63) is 34.9 Å². The number of benzene rings is 1. The predicted molar refractivity (Wildman–Crippen MR) is 127 cm³/mol. The Labute approximate surface area is 187 Å². The standard InChI is InChI=1S/C24H39ClN4O/c1-3-5-14-29-15-10-20(11-16-29)28-23(26-4-2)27-19-24(12-17-30-18-13-24)21-8-6-7-9-22(21)25/h6-9,20H,3-5,10-19H2,1-2H3,(H2,26,27,28). The van der Waals surface area contributed by atoms with E-state index in [1.807, 2.05) is 12.1 Å². The van der Waals surface area contributed by atoms with Gasteiger partial charge in [0.15, 0.2) is 5.96 Å². The number of nitrogens with one attached hydrogen (secondary N) is 2. The Morgan fingerprint density at radius 3 is 2.60 bits per heavy atom. The molecule has 1 aromatic carbocycles. The fraction of sp³-hybridized carbons (Fsp3) is 0.708. The largest absolute Gasteiger partial charge is 0.381 e. The first-order valence-corrected chi connectivity index (χ1v) is 12.1. The molecule has 168 valence electrons. The molecule has 2 aliphatic heterocycles. The van der Waals surface area contributed by atoms with Gasteiger partial charge < -0.3 is 20.3 Å². The number of nitrogens with zero attached hydrogens (tertiary/aromatic N) is 2. The summed E-state index contributed by atoms with van der Waals surface area (Å²) in [5.41, 5.74) is 1.15. The van der Waals surface area contributed by atoms with Crippen molar-refractivity contribution in [2.24, 2.45) is 4.99 Å². The van der Waals surface area contributed by atoms with Crippen LogP contribution in [-0.2, 0) is 10.2 Å². The molecule has 0 atom stereocenters. The molecule has 2 heterocycles. The Kier molecular flexibility index (Phi) is 9.28. The second-order valence-corrected chi connectivity index (χ2v) is 9.09. The Balaban J connectivity index is 1.66. The highest BCUT2D eigenvalue weighted by molar-refractivity contribution is 6.31. The van der Waals surface area contributed by atoms with Gasteiger partial charge in [-0.1, -0.05) is 43.1 Å². The summed E-state index contributed by atoms with van der Waals surface area (Å²) in [6.07, 6.45) is 6.84. The number of unbranched alkanes of at least 4 members (excludes halogenated alkanes) is 1. The number of hydrogen-bond donors (Lipinski definition) is 2. The van der Waals surface area contributed by atoms with E-state index >= 15 is 0 Å². The summed E-state index contributed by atoms with van der Waals surface area (Å²) in [5, 5.41) is 8.00. The third kappa shape index (κ3) is 6.35. The lowest BCUT2D eigenvalue weighted by atomic mass is 9.74. The van der Waals surface area contributed by atoms with E-state index in [1.54, 1.807) is 0 Å². The van der Waals surface area contributed by atoms with Gasteiger partial charge in [-0.25, -0.2) is 0 Å². The Hall–Kier alpha value is -1.30. The molecule has 5 nitrogen and oxygen atoms in total. The van der Waals surface area contributed by atoms with Crippen molar-refractivity contribution in [3.8, 4) is 0 Å². The summed E-state index contributed by atoms with van der Waals surface area (Å²) in [6.45, 7) is 11.1. The lowest BCUT2D eigenvalue weighted by molar-refractivity contribution is 0.0531. The Bertz CT molecular complexity index is 667. The summed E-state index contributed by atoms with van der Waals surface area (Å²) in [6, 6.07) is 8.73. The minimum absolute atomic E-state index is 0.0531. The van der Waals surface area contributed by atoms with E-state index in [1.165, 1.54) is 50.9 Å². The molecule has 1 aromatic rings. The number of ether oxygens (including phenoxy) is 1. The van der Waals surface area contributed by atoms with Gasteiger partial charge in [0.1, 0.15) is 0 Å². The maximum Gasteiger partial charge on any atom is 0.191 e. The van der Waals surface area contributed by atoms with E-state index in [2.05, 4.69) is 41.5 Å². The summed E-state index contributed by atoms with van der Waals surface area (Å²) >= 11 is 6.60. The minimum atomic E-state index is -0.0531. The van der Waals surface area contributed by atoms with E-state index in [9.17, 15) is 0 Å². The van der Waals surface area contributed by atoms with E-state index in [0.29, 0.717) is 6.04 Å². The highest BCUT2D eigenvalue weighted by Crippen LogP contribution is 2.38. The van der Waals surface area contributed by atoms with Gasteiger partial charge in [-0.3, -0.25) is 4.99 Å². The fourth-order valence-electron chi connectivity index (χ4n) is 4.59. The van der Waals surface area contributed by atoms with Crippen molar-refractivity contribution in [1.29, 1.82) is 0 Å². The number of halogens is 1. The number of guanidine groups is 1. The average molecular weight is 435 g/mol. The second kappa shape index (κ2) is 11.9. The molecule has 0 aromatic heterocycles. The van der Waals surface area contributed by atoms with Crippen LogP contribution in [0.1, 0.15) is 57.9 Å². The van der Waals surface area contributed by atoms with Gasteiger partial charge in [0.2, 0.25) is 0 Å². The van der Waals surface area contributed by atoms with Crippen LogP contribution in [0.4, 0.5) is 0 Å². The summed E-state index contributed by atoms with van der Waals surface area (Å²) in [7, 11) is 0. The maximum absolute atomic E-state index is 6.60. The van der Waals surface area contributed by atoms with Crippen LogP contribution in [-0.4, -0.2) is 62.8 Å². The van der Waals surface area contributed by atoms with Gasteiger partial charge in [0, 0.05) is 49.3 Å². The summed E-state index contributed by atoms with van der Waals surface area (Å²) in [5.74, 6) is 0.933. The molecule has 0 radical (unpaired) electrons. The molecule has 6 heteroatoms. The van der Waals surface area contributed by atoms with Gasteiger partial charge in [0.25, 0.3) is 0 Å². The van der Waals surface area contributed by atoms with Crippen molar-refractivity contribution in [2.75, 3.05) is 45.9 Å². The van der Waals surface area contributed by atoms with Crippen molar-refractivity contribution in [2.45, 2.75) is 63.8 Å². The van der Waals surface area contributed by atoms with E-state index in [-0.39, 0.29) is 5.41 Å². The van der Waals surface area contributed by atoms with E-state index < -0.39 is 0 Å². The number of piperidine rings is 1. The van der Waals surface area contributed by atoms with Crippen LogP contribution in [0.2, 0.25) is 5.02 Å². The molecule has 0 amide bonds. The molecule has 2 fully saturated rings. The highest BCUT2D eigenvalue weighted by Gasteiger charge is 2.36. The van der Waals surface area contributed by atoms with Crippen LogP contribution in [0.15, 0.2) is 29.3 Å². The molecular weight excluding hydrogens is 396 g/mol. The van der Waals surface area contributed by atoms with Gasteiger partial charge in [0.05, 0.1) is 6.54 Å². The maximum atomic E-state index is 6.60. The van der Waals surface area contributed by atoms with Crippen LogP contribution in [0, 0.1) is 0 Å². The topological polar surface area (TPSA) is 48.9 Å². The molecular formula is C24H39ClN4O. The van der Waals surface area contributed by atoms with Crippen LogP contribution in [0.5, 0.6) is 0 Å². The molecule has 2 N–H and O–H groups in total. The predicted octanol–water partition coefficient (Wildman–Crippen LogP) is 4.21. The molecule has 3 rings (SSSR count). The first-order chi connectivity index (χ1) is 14.7. The third-order valence-corrected chi connectivity index (χ3v) is 6.87. The zero-order chi connectivity index (χ0) is 21.2. The fourth-order valence-corrected chi connectivity index (χ4v) is 4.93. The molecule has 0 saturated carbocycles. The van der Waals surface area contributed by atoms with E-state index in [4.69, 9.17) is 21.3 Å². The first kappa shape index (κ1) is 23.4. The van der Waals surface area contributed by atoms with Gasteiger partial charge in [-0.15, -0.1) is 0 Å².